The number of rotatable bonds is 2. The summed E-state index contributed by atoms with van der Waals surface area (Å²) < 4.78 is 7.33. The summed E-state index contributed by atoms with van der Waals surface area (Å²) in [7, 11) is 1.94. The highest BCUT2D eigenvalue weighted by Crippen LogP contribution is 2.53. The molecule has 4 heteroatoms. The Morgan fingerprint density at radius 3 is 2.59 bits per heavy atom. The van der Waals surface area contributed by atoms with Gasteiger partial charge in [0.25, 0.3) is 0 Å². The van der Waals surface area contributed by atoms with Gasteiger partial charge in [-0.15, -0.1) is 0 Å². The minimum Gasteiger partial charge on any atom is -0.460 e. The summed E-state index contributed by atoms with van der Waals surface area (Å²) in [6.07, 6.45) is 3.75. The molecule has 1 fully saturated rings. The number of hydrogen-bond donors (Lipinski definition) is 0. The number of imidazole rings is 1. The van der Waals surface area contributed by atoms with E-state index in [1.807, 2.05) is 38.6 Å². The van der Waals surface area contributed by atoms with Crippen molar-refractivity contribution in [1.82, 2.24) is 9.55 Å². The maximum absolute atomic E-state index is 12.0. The lowest BCUT2D eigenvalue weighted by Gasteiger charge is -2.19. The summed E-state index contributed by atoms with van der Waals surface area (Å²) in [5, 5.41) is 0. The molecular formula is C13H20N2O2. The summed E-state index contributed by atoms with van der Waals surface area (Å²) in [6, 6.07) is 0. The SMILES string of the molecule is C[C@@H]1C(c2cn(C)cn2)[C@H]1C(=O)OC(C)(C)C. The Hall–Kier alpha value is -1.32. The molecule has 0 radical (unpaired) electrons. The van der Waals surface area contributed by atoms with E-state index in [-0.39, 0.29) is 17.8 Å². The maximum atomic E-state index is 12.0. The molecule has 1 aliphatic carbocycles. The lowest BCUT2D eigenvalue weighted by molar-refractivity contribution is -0.156. The first-order chi connectivity index (χ1) is 7.79. The van der Waals surface area contributed by atoms with Gasteiger partial charge < -0.3 is 9.30 Å². The van der Waals surface area contributed by atoms with Gasteiger partial charge in [0.1, 0.15) is 5.60 Å². The van der Waals surface area contributed by atoms with Crippen molar-refractivity contribution in [2.75, 3.05) is 0 Å². The number of aryl methyl sites for hydroxylation is 1. The monoisotopic (exact) mass is 236 g/mol. The van der Waals surface area contributed by atoms with E-state index in [1.165, 1.54) is 0 Å². The zero-order chi connectivity index (χ0) is 12.8. The van der Waals surface area contributed by atoms with Gasteiger partial charge in [-0.3, -0.25) is 4.79 Å². The molecule has 0 spiro atoms. The Bertz CT molecular complexity index is 431. The molecule has 0 saturated heterocycles. The first-order valence-corrected chi connectivity index (χ1v) is 6.00. The lowest BCUT2D eigenvalue weighted by Crippen LogP contribution is -2.25. The van der Waals surface area contributed by atoms with Crippen molar-refractivity contribution < 1.29 is 9.53 Å². The van der Waals surface area contributed by atoms with Gasteiger partial charge in [0.2, 0.25) is 0 Å². The van der Waals surface area contributed by atoms with Gasteiger partial charge in [-0.25, -0.2) is 4.98 Å². The smallest absolute Gasteiger partial charge is 0.310 e. The van der Waals surface area contributed by atoms with E-state index < -0.39 is 5.60 Å². The summed E-state index contributed by atoms with van der Waals surface area (Å²) in [5.41, 5.74) is 0.587. The van der Waals surface area contributed by atoms with Crippen molar-refractivity contribution in [3.05, 3.63) is 18.2 Å². The highest BCUT2D eigenvalue weighted by Gasteiger charge is 2.55. The Morgan fingerprint density at radius 2 is 2.12 bits per heavy atom. The standard InChI is InChI=1S/C13H20N2O2/c1-8-10(9-6-15(5)7-14-9)11(8)12(16)17-13(2,3)4/h6-8,10-11H,1-5H3/t8-,10?,11+/m1/s1. The van der Waals surface area contributed by atoms with Crippen LogP contribution in [-0.4, -0.2) is 21.1 Å². The molecule has 3 atom stereocenters. The number of carbonyl (C=O) groups excluding carboxylic acids is 1. The molecule has 4 nitrogen and oxygen atoms in total. The molecule has 1 aromatic heterocycles. The van der Waals surface area contributed by atoms with Crippen molar-refractivity contribution >= 4 is 5.97 Å². The van der Waals surface area contributed by atoms with Crippen LogP contribution in [0.1, 0.15) is 39.3 Å². The van der Waals surface area contributed by atoms with Gasteiger partial charge >= 0.3 is 5.97 Å². The number of nitrogens with zero attached hydrogens (tertiary/aromatic N) is 2. The fraction of sp³-hybridized carbons (Fsp3) is 0.692. The molecule has 0 N–H and O–H groups in total. The third-order valence-electron chi connectivity index (χ3n) is 3.12. The van der Waals surface area contributed by atoms with Crippen LogP contribution in [0.3, 0.4) is 0 Å². The Kier molecular flexibility index (Phi) is 2.76. The topological polar surface area (TPSA) is 44.1 Å². The minimum absolute atomic E-state index is 0.0240. The molecule has 0 aliphatic heterocycles. The Morgan fingerprint density at radius 1 is 1.47 bits per heavy atom. The molecule has 1 aliphatic rings. The largest absolute Gasteiger partial charge is 0.460 e. The van der Waals surface area contributed by atoms with Crippen LogP contribution in [0.15, 0.2) is 12.5 Å². The van der Waals surface area contributed by atoms with Crippen LogP contribution < -0.4 is 0 Å². The van der Waals surface area contributed by atoms with Gasteiger partial charge in [-0.1, -0.05) is 6.92 Å². The average molecular weight is 236 g/mol. The van der Waals surface area contributed by atoms with Crippen molar-refractivity contribution in [3.63, 3.8) is 0 Å². The molecule has 0 amide bonds. The zero-order valence-corrected chi connectivity index (χ0v) is 11.1. The average Bonchev–Trinajstić information content (AvgIpc) is 2.62. The minimum atomic E-state index is -0.409. The number of hydrogen-bond acceptors (Lipinski definition) is 3. The molecule has 0 bridgehead atoms. The molecule has 1 unspecified atom stereocenters. The number of aromatic nitrogens is 2. The first kappa shape index (κ1) is 12.1. The third-order valence-corrected chi connectivity index (χ3v) is 3.12. The van der Waals surface area contributed by atoms with E-state index in [2.05, 4.69) is 11.9 Å². The third kappa shape index (κ3) is 2.51. The van der Waals surface area contributed by atoms with Crippen LogP contribution in [0.25, 0.3) is 0 Å². The van der Waals surface area contributed by atoms with Gasteiger partial charge in [0, 0.05) is 19.2 Å². The molecule has 0 aromatic carbocycles. The maximum Gasteiger partial charge on any atom is 0.310 e. The molecule has 94 valence electrons. The van der Waals surface area contributed by atoms with Gasteiger partial charge in [0.05, 0.1) is 17.9 Å². The van der Waals surface area contributed by atoms with E-state index in [4.69, 9.17) is 4.74 Å². The van der Waals surface area contributed by atoms with E-state index >= 15 is 0 Å². The fourth-order valence-electron chi connectivity index (χ4n) is 2.25. The first-order valence-electron chi connectivity index (χ1n) is 6.00. The van der Waals surface area contributed by atoms with E-state index in [0.717, 1.165) is 5.69 Å². The lowest BCUT2D eigenvalue weighted by atomic mass is 10.2. The molecule has 2 rings (SSSR count). The van der Waals surface area contributed by atoms with E-state index in [0.29, 0.717) is 5.92 Å². The van der Waals surface area contributed by atoms with Crippen molar-refractivity contribution in [2.24, 2.45) is 18.9 Å². The highest BCUT2D eigenvalue weighted by atomic mass is 16.6. The molecular weight excluding hydrogens is 216 g/mol. The van der Waals surface area contributed by atoms with Crippen LogP contribution in [0.4, 0.5) is 0 Å². The van der Waals surface area contributed by atoms with E-state index in [9.17, 15) is 4.79 Å². The normalized spacial score (nSPS) is 27.9. The molecule has 1 saturated carbocycles. The Labute approximate surface area is 102 Å². The number of carbonyl (C=O) groups is 1. The summed E-state index contributed by atoms with van der Waals surface area (Å²) >= 11 is 0. The zero-order valence-electron chi connectivity index (χ0n) is 11.1. The van der Waals surface area contributed by atoms with Crippen LogP contribution in [0, 0.1) is 11.8 Å². The van der Waals surface area contributed by atoms with Crippen molar-refractivity contribution in [2.45, 2.75) is 39.2 Å². The number of esters is 1. The second-order valence-electron chi connectivity index (χ2n) is 5.91. The second kappa shape index (κ2) is 3.86. The summed E-state index contributed by atoms with van der Waals surface area (Å²) in [4.78, 5) is 16.3. The summed E-state index contributed by atoms with van der Waals surface area (Å²) in [6.45, 7) is 7.77. The quantitative estimate of drug-likeness (QED) is 0.739. The van der Waals surface area contributed by atoms with Crippen LogP contribution in [0.5, 0.6) is 0 Å². The summed E-state index contributed by atoms with van der Waals surface area (Å²) in [5.74, 6) is 0.440. The van der Waals surface area contributed by atoms with E-state index in [1.54, 1.807) is 6.33 Å². The molecule has 1 heterocycles. The van der Waals surface area contributed by atoms with Crippen LogP contribution >= 0.6 is 0 Å². The number of ether oxygens (including phenoxy) is 1. The van der Waals surface area contributed by atoms with Crippen LogP contribution in [-0.2, 0) is 16.6 Å². The molecule has 1 aromatic rings. The fourth-order valence-corrected chi connectivity index (χ4v) is 2.25. The second-order valence-corrected chi connectivity index (χ2v) is 5.91. The van der Waals surface area contributed by atoms with Crippen molar-refractivity contribution in [3.8, 4) is 0 Å². The predicted octanol–water partition coefficient (Wildman–Crippen LogP) is 2.11. The highest BCUT2D eigenvalue weighted by molar-refractivity contribution is 5.78. The predicted molar refractivity (Wildman–Crippen MR) is 64.4 cm³/mol. The van der Waals surface area contributed by atoms with Gasteiger partial charge in [-0.05, 0) is 26.7 Å². The Balaban J connectivity index is 2.04. The van der Waals surface area contributed by atoms with Gasteiger partial charge in [-0.2, -0.15) is 0 Å². The van der Waals surface area contributed by atoms with Gasteiger partial charge in [0.15, 0.2) is 0 Å². The molecule has 17 heavy (non-hydrogen) atoms. The van der Waals surface area contributed by atoms with Crippen molar-refractivity contribution in [1.29, 1.82) is 0 Å². The van der Waals surface area contributed by atoms with Crippen LogP contribution in [0.2, 0.25) is 0 Å².